The molecule has 82 valence electrons. The van der Waals surface area contributed by atoms with Crippen molar-refractivity contribution in [2.24, 2.45) is 5.41 Å². The monoisotopic (exact) mass is 336 g/mol. The number of rotatable bonds is 4. The molecule has 0 bridgehead atoms. The van der Waals surface area contributed by atoms with E-state index in [2.05, 4.69) is 31.9 Å². The van der Waals surface area contributed by atoms with Crippen LogP contribution in [0.1, 0.15) is 12.8 Å². The zero-order valence-electron chi connectivity index (χ0n) is 8.10. The fourth-order valence-electron chi connectivity index (χ4n) is 1.31. The zero-order valence-corrected chi connectivity index (χ0v) is 11.3. The van der Waals surface area contributed by atoms with E-state index in [-0.39, 0.29) is 11.2 Å². The van der Waals surface area contributed by atoms with E-state index in [9.17, 15) is 4.39 Å². The van der Waals surface area contributed by atoms with Gasteiger partial charge in [-0.2, -0.15) is 0 Å². The van der Waals surface area contributed by atoms with E-state index >= 15 is 0 Å². The lowest BCUT2D eigenvalue weighted by atomic mass is 10.2. The lowest BCUT2D eigenvalue weighted by Crippen LogP contribution is -2.14. The Balaban J connectivity index is 2.01. The number of hydrogen-bond acceptors (Lipinski definition) is 1. The lowest BCUT2D eigenvalue weighted by molar-refractivity contribution is 0.249. The molecular formula is C11H11Br2FO. The molecule has 0 aliphatic heterocycles. The Labute approximate surface area is 105 Å². The van der Waals surface area contributed by atoms with Crippen molar-refractivity contribution in [1.82, 2.24) is 0 Å². The fourth-order valence-corrected chi connectivity index (χ4v) is 2.40. The standard InChI is InChI=1S/C11H11Br2FO/c12-6-11(3-4-11)7-15-10-5-8(14)1-2-9(10)13/h1-2,5H,3-4,6-7H2. The number of ether oxygens (including phenoxy) is 1. The molecule has 0 aromatic heterocycles. The molecule has 1 nitrogen and oxygen atoms in total. The van der Waals surface area contributed by atoms with Gasteiger partial charge in [-0.05, 0) is 40.9 Å². The van der Waals surface area contributed by atoms with Gasteiger partial charge in [0.1, 0.15) is 11.6 Å². The van der Waals surface area contributed by atoms with Gasteiger partial charge in [-0.25, -0.2) is 4.39 Å². The summed E-state index contributed by atoms with van der Waals surface area (Å²) in [6.45, 7) is 0.653. The molecule has 15 heavy (non-hydrogen) atoms. The Hall–Kier alpha value is -0.0900. The highest BCUT2D eigenvalue weighted by Gasteiger charge is 2.42. The molecule has 1 aromatic carbocycles. The van der Waals surface area contributed by atoms with Crippen LogP contribution in [-0.2, 0) is 0 Å². The molecule has 1 saturated carbocycles. The molecule has 1 aliphatic rings. The van der Waals surface area contributed by atoms with Crippen LogP contribution in [0.3, 0.4) is 0 Å². The van der Waals surface area contributed by atoms with Gasteiger partial charge in [0.25, 0.3) is 0 Å². The number of halogens is 3. The minimum Gasteiger partial charge on any atom is -0.492 e. The van der Waals surface area contributed by atoms with Crippen molar-refractivity contribution in [2.45, 2.75) is 12.8 Å². The van der Waals surface area contributed by atoms with Crippen molar-refractivity contribution in [2.75, 3.05) is 11.9 Å². The van der Waals surface area contributed by atoms with Crippen LogP contribution in [0, 0.1) is 11.2 Å². The Morgan fingerprint density at radius 2 is 2.13 bits per heavy atom. The molecule has 0 N–H and O–H groups in total. The molecule has 0 saturated heterocycles. The van der Waals surface area contributed by atoms with Gasteiger partial charge in [-0.3, -0.25) is 0 Å². The number of alkyl halides is 1. The predicted molar refractivity (Wildman–Crippen MR) is 65.1 cm³/mol. The van der Waals surface area contributed by atoms with Crippen LogP contribution in [0.4, 0.5) is 4.39 Å². The SMILES string of the molecule is Fc1ccc(Br)c(OCC2(CBr)CC2)c1. The molecule has 1 aromatic rings. The highest BCUT2D eigenvalue weighted by atomic mass is 79.9. The fraction of sp³-hybridized carbons (Fsp3) is 0.455. The minimum absolute atomic E-state index is 0.267. The second-order valence-electron chi connectivity index (χ2n) is 4.00. The van der Waals surface area contributed by atoms with Crippen molar-refractivity contribution in [3.05, 3.63) is 28.5 Å². The second kappa shape index (κ2) is 4.42. The first-order valence-corrected chi connectivity index (χ1v) is 6.70. The van der Waals surface area contributed by atoms with Gasteiger partial charge in [0.15, 0.2) is 0 Å². The Morgan fingerprint density at radius 1 is 1.40 bits per heavy atom. The largest absolute Gasteiger partial charge is 0.492 e. The molecule has 0 unspecified atom stereocenters. The van der Waals surface area contributed by atoms with Crippen LogP contribution in [0.2, 0.25) is 0 Å². The van der Waals surface area contributed by atoms with Gasteiger partial charge in [-0.15, -0.1) is 0 Å². The summed E-state index contributed by atoms with van der Waals surface area (Å²) in [5.41, 5.74) is 0.283. The molecule has 2 rings (SSSR count). The van der Waals surface area contributed by atoms with Crippen LogP contribution in [-0.4, -0.2) is 11.9 Å². The predicted octanol–water partition coefficient (Wildman–Crippen LogP) is 4.14. The van der Waals surface area contributed by atoms with E-state index in [4.69, 9.17) is 4.74 Å². The first kappa shape index (κ1) is 11.4. The van der Waals surface area contributed by atoms with Gasteiger partial charge in [0.2, 0.25) is 0 Å². The topological polar surface area (TPSA) is 9.23 Å². The van der Waals surface area contributed by atoms with Crippen molar-refractivity contribution in [3.63, 3.8) is 0 Å². The van der Waals surface area contributed by atoms with Crippen LogP contribution < -0.4 is 4.74 Å². The third kappa shape index (κ3) is 2.72. The van der Waals surface area contributed by atoms with E-state index in [0.29, 0.717) is 12.4 Å². The summed E-state index contributed by atoms with van der Waals surface area (Å²) in [6, 6.07) is 4.49. The van der Waals surface area contributed by atoms with E-state index in [1.54, 1.807) is 6.07 Å². The Kier molecular flexibility index (Phi) is 3.36. The lowest BCUT2D eigenvalue weighted by Gasteiger charge is -2.14. The van der Waals surface area contributed by atoms with Crippen molar-refractivity contribution in [1.29, 1.82) is 0 Å². The highest BCUT2D eigenvalue weighted by molar-refractivity contribution is 9.10. The molecule has 0 radical (unpaired) electrons. The molecule has 1 aliphatic carbocycles. The smallest absolute Gasteiger partial charge is 0.136 e. The van der Waals surface area contributed by atoms with Crippen molar-refractivity contribution < 1.29 is 9.13 Å². The first-order valence-electron chi connectivity index (χ1n) is 4.79. The summed E-state index contributed by atoms with van der Waals surface area (Å²) in [7, 11) is 0. The van der Waals surface area contributed by atoms with Gasteiger partial charge >= 0.3 is 0 Å². The third-order valence-corrected chi connectivity index (χ3v) is 4.51. The van der Waals surface area contributed by atoms with E-state index < -0.39 is 0 Å². The van der Waals surface area contributed by atoms with Crippen LogP contribution in [0.25, 0.3) is 0 Å². The molecule has 0 spiro atoms. The minimum atomic E-state index is -0.267. The summed E-state index contributed by atoms with van der Waals surface area (Å²) in [6.07, 6.45) is 2.37. The third-order valence-electron chi connectivity index (χ3n) is 2.67. The van der Waals surface area contributed by atoms with Crippen LogP contribution >= 0.6 is 31.9 Å². The summed E-state index contributed by atoms with van der Waals surface area (Å²) in [5.74, 6) is 0.319. The molecule has 1 fully saturated rings. The summed E-state index contributed by atoms with van der Waals surface area (Å²) >= 11 is 6.81. The van der Waals surface area contributed by atoms with Crippen LogP contribution in [0.5, 0.6) is 5.75 Å². The van der Waals surface area contributed by atoms with E-state index in [1.165, 1.54) is 25.0 Å². The molecule has 0 amide bonds. The molecule has 0 atom stereocenters. The maximum absolute atomic E-state index is 13.0. The zero-order chi connectivity index (χ0) is 10.9. The Morgan fingerprint density at radius 3 is 2.73 bits per heavy atom. The first-order chi connectivity index (χ1) is 7.15. The normalized spacial score (nSPS) is 17.5. The average Bonchev–Trinajstić information content (AvgIpc) is 3.00. The second-order valence-corrected chi connectivity index (χ2v) is 5.41. The molecule has 4 heteroatoms. The van der Waals surface area contributed by atoms with Crippen LogP contribution in [0.15, 0.2) is 22.7 Å². The summed E-state index contributed by atoms with van der Waals surface area (Å²) in [5, 5.41) is 0.951. The average molecular weight is 338 g/mol. The van der Waals surface area contributed by atoms with Crippen molar-refractivity contribution >= 4 is 31.9 Å². The summed E-state index contributed by atoms with van der Waals surface area (Å²) in [4.78, 5) is 0. The maximum Gasteiger partial charge on any atom is 0.136 e. The van der Waals surface area contributed by atoms with Gasteiger partial charge in [-0.1, -0.05) is 15.9 Å². The van der Waals surface area contributed by atoms with Gasteiger partial charge in [0, 0.05) is 16.8 Å². The van der Waals surface area contributed by atoms with Gasteiger partial charge < -0.3 is 4.74 Å². The molecule has 0 heterocycles. The van der Waals surface area contributed by atoms with Crippen molar-refractivity contribution in [3.8, 4) is 5.75 Å². The highest BCUT2D eigenvalue weighted by Crippen LogP contribution is 2.47. The Bertz CT molecular complexity index is 364. The quantitative estimate of drug-likeness (QED) is 0.750. The number of benzene rings is 1. The maximum atomic E-state index is 13.0. The number of hydrogen-bond donors (Lipinski definition) is 0. The van der Waals surface area contributed by atoms with E-state index in [0.717, 1.165) is 9.80 Å². The summed E-state index contributed by atoms with van der Waals surface area (Å²) < 4.78 is 19.4. The van der Waals surface area contributed by atoms with E-state index in [1.807, 2.05) is 0 Å². The molecular weight excluding hydrogens is 327 g/mol. The van der Waals surface area contributed by atoms with Gasteiger partial charge in [0.05, 0.1) is 11.1 Å².